The minimum atomic E-state index is -0.926. The second kappa shape index (κ2) is 9.62. The number of hydrogen-bond donors (Lipinski definition) is 3. The van der Waals surface area contributed by atoms with Gasteiger partial charge in [-0.1, -0.05) is 12.2 Å². The van der Waals surface area contributed by atoms with Crippen LogP contribution in [-0.2, 0) is 9.53 Å². The lowest BCUT2D eigenvalue weighted by Crippen LogP contribution is -2.51. The molecule has 0 saturated carbocycles. The molecule has 1 aliphatic heterocycles. The molecule has 164 valence electrons. The summed E-state index contributed by atoms with van der Waals surface area (Å²) in [7, 11) is 1.57. The molecule has 1 aliphatic carbocycles. The van der Waals surface area contributed by atoms with E-state index in [0.29, 0.717) is 31.0 Å². The van der Waals surface area contributed by atoms with E-state index in [0.717, 1.165) is 25.9 Å². The Labute approximate surface area is 177 Å². The minimum Gasteiger partial charge on any atom is -0.500 e. The number of rotatable bonds is 8. The van der Waals surface area contributed by atoms with Crippen molar-refractivity contribution in [2.24, 2.45) is 11.1 Å². The van der Waals surface area contributed by atoms with E-state index in [1.54, 1.807) is 19.2 Å². The van der Waals surface area contributed by atoms with Crippen molar-refractivity contribution >= 4 is 5.91 Å². The fourth-order valence-corrected chi connectivity index (χ4v) is 3.96. The number of halogens is 1. The second-order valence-electron chi connectivity index (χ2n) is 8.29. The Morgan fingerprint density at radius 2 is 1.97 bits per heavy atom. The maximum absolute atomic E-state index is 13.4. The van der Waals surface area contributed by atoms with Crippen LogP contribution >= 0.6 is 0 Å². The zero-order valence-corrected chi connectivity index (χ0v) is 17.7. The van der Waals surface area contributed by atoms with Crippen LogP contribution in [0.1, 0.15) is 32.6 Å². The van der Waals surface area contributed by atoms with Gasteiger partial charge in [0.2, 0.25) is 5.91 Å². The molecule has 0 aromatic heterocycles. The lowest BCUT2D eigenvalue weighted by molar-refractivity contribution is -0.130. The van der Waals surface area contributed by atoms with Crippen molar-refractivity contribution in [3.05, 3.63) is 54.1 Å². The van der Waals surface area contributed by atoms with Gasteiger partial charge in [-0.25, -0.2) is 4.39 Å². The number of nitrogens with two attached hydrogens (primary N) is 1. The quantitative estimate of drug-likeness (QED) is 0.447. The van der Waals surface area contributed by atoms with E-state index in [-0.39, 0.29) is 17.8 Å². The highest BCUT2D eigenvalue weighted by atomic mass is 19.1. The predicted molar refractivity (Wildman–Crippen MR) is 114 cm³/mol. The molecule has 1 amide bonds. The van der Waals surface area contributed by atoms with Crippen LogP contribution < -0.4 is 21.1 Å². The summed E-state index contributed by atoms with van der Waals surface area (Å²) in [5.41, 5.74) is 4.66. The first kappa shape index (κ1) is 22.3. The van der Waals surface area contributed by atoms with Gasteiger partial charge in [0.1, 0.15) is 22.7 Å². The molecule has 7 heteroatoms. The summed E-state index contributed by atoms with van der Waals surface area (Å²) in [4.78, 5) is 13.4. The van der Waals surface area contributed by atoms with Crippen molar-refractivity contribution in [1.29, 1.82) is 0 Å². The molecule has 1 fully saturated rings. The standard InChI is InChI=1S/C23H32FN3O3/c1-22(25)11-12-23(20(16-22)29-2,21(28)27-18-8-13-26-14-9-18)10-3-15-30-19-6-4-17(24)5-7-19/h4-7,11-12,16,18,26H,3,8-10,13-15,25H2,1-2H3,(H,27,28). The van der Waals surface area contributed by atoms with Crippen molar-refractivity contribution in [2.45, 2.75) is 44.2 Å². The van der Waals surface area contributed by atoms with Gasteiger partial charge in [-0.2, -0.15) is 0 Å². The maximum atomic E-state index is 13.4. The van der Waals surface area contributed by atoms with Crippen LogP contribution in [-0.4, -0.2) is 44.3 Å². The number of carbonyl (C=O) groups is 1. The lowest BCUT2D eigenvalue weighted by atomic mass is 9.73. The van der Waals surface area contributed by atoms with Crippen molar-refractivity contribution < 1.29 is 18.7 Å². The van der Waals surface area contributed by atoms with E-state index in [9.17, 15) is 9.18 Å². The number of benzene rings is 1. The van der Waals surface area contributed by atoms with E-state index in [1.165, 1.54) is 12.1 Å². The number of ether oxygens (including phenoxy) is 2. The van der Waals surface area contributed by atoms with Gasteiger partial charge >= 0.3 is 0 Å². The summed E-state index contributed by atoms with van der Waals surface area (Å²) in [5, 5.41) is 6.52. The third kappa shape index (κ3) is 5.40. The van der Waals surface area contributed by atoms with Gasteiger partial charge in [0.25, 0.3) is 0 Å². The predicted octanol–water partition coefficient (Wildman–Crippen LogP) is 2.66. The van der Waals surface area contributed by atoms with Gasteiger partial charge in [0.05, 0.1) is 19.3 Å². The van der Waals surface area contributed by atoms with Crippen molar-refractivity contribution in [2.75, 3.05) is 26.8 Å². The number of hydrogen-bond acceptors (Lipinski definition) is 5. The first-order valence-electron chi connectivity index (χ1n) is 10.5. The van der Waals surface area contributed by atoms with Gasteiger partial charge < -0.3 is 25.8 Å². The molecule has 2 aliphatic rings. The van der Waals surface area contributed by atoms with Crippen LogP contribution in [0, 0.1) is 11.2 Å². The molecule has 1 aromatic carbocycles. The minimum absolute atomic E-state index is 0.0731. The number of nitrogens with one attached hydrogen (secondary N) is 2. The molecule has 2 unspecified atom stereocenters. The Kier molecular flexibility index (Phi) is 7.15. The van der Waals surface area contributed by atoms with Crippen LogP contribution in [0.3, 0.4) is 0 Å². The number of carbonyl (C=O) groups excluding carboxylic acids is 1. The zero-order chi connectivity index (χ0) is 21.6. The second-order valence-corrected chi connectivity index (χ2v) is 8.29. The fourth-order valence-electron chi connectivity index (χ4n) is 3.96. The molecular formula is C23H32FN3O3. The normalized spacial score (nSPS) is 26.7. The first-order valence-corrected chi connectivity index (χ1v) is 10.5. The molecule has 0 radical (unpaired) electrons. The Morgan fingerprint density at radius 1 is 1.27 bits per heavy atom. The maximum Gasteiger partial charge on any atom is 0.237 e. The van der Waals surface area contributed by atoms with Gasteiger partial charge in [-0.05, 0) is 76.0 Å². The molecule has 1 aromatic rings. The van der Waals surface area contributed by atoms with Crippen LogP contribution in [0.15, 0.2) is 48.3 Å². The van der Waals surface area contributed by atoms with Gasteiger partial charge in [-0.3, -0.25) is 4.79 Å². The van der Waals surface area contributed by atoms with Crippen LogP contribution in [0.25, 0.3) is 0 Å². The van der Waals surface area contributed by atoms with Crippen LogP contribution in [0.2, 0.25) is 0 Å². The van der Waals surface area contributed by atoms with Crippen LogP contribution in [0.4, 0.5) is 4.39 Å². The third-order valence-corrected chi connectivity index (χ3v) is 5.71. The average molecular weight is 418 g/mol. The van der Waals surface area contributed by atoms with Crippen molar-refractivity contribution in [3.8, 4) is 5.75 Å². The monoisotopic (exact) mass is 417 g/mol. The molecular weight excluding hydrogens is 385 g/mol. The molecule has 4 N–H and O–H groups in total. The zero-order valence-electron chi connectivity index (χ0n) is 17.7. The Morgan fingerprint density at radius 3 is 2.63 bits per heavy atom. The average Bonchev–Trinajstić information content (AvgIpc) is 2.73. The molecule has 1 heterocycles. The Hall–Kier alpha value is -2.38. The molecule has 0 bridgehead atoms. The topological polar surface area (TPSA) is 85.6 Å². The highest BCUT2D eigenvalue weighted by molar-refractivity contribution is 5.88. The molecule has 0 spiro atoms. The summed E-state index contributed by atoms with van der Waals surface area (Å²) in [5.74, 6) is 0.781. The number of piperidine rings is 1. The van der Waals surface area contributed by atoms with Crippen molar-refractivity contribution in [3.63, 3.8) is 0 Å². The Balaban J connectivity index is 1.71. The molecule has 3 rings (SSSR count). The van der Waals surface area contributed by atoms with E-state index < -0.39 is 11.0 Å². The molecule has 2 atom stereocenters. The number of methoxy groups -OCH3 is 1. The summed E-state index contributed by atoms with van der Waals surface area (Å²) in [6.07, 6.45) is 8.48. The van der Waals surface area contributed by atoms with Gasteiger partial charge in [-0.15, -0.1) is 0 Å². The summed E-state index contributed by atoms with van der Waals surface area (Å²) < 4.78 is 24.4. The molecule has 1 saturated heterocycles. The van der Waals surface area contributed by atoms with Crippen molar-refractivity contribution in [1.82, 2.24) is 10.6 Å². The number of amides is 1. The van der Waals surface area contributed by atoms with E-state index >= 15 is 0 Å². The van der Waals surface area contributed by atoms with E-state index in [4.69, 9.17) is 15.2 Å². The van der Waals surface area contributed by atoms with E-state index in [2.05, 4.69) is 10.6 Å². The van der Waals surface area contributed by atoms with Crippen LogP contribution in [0.5, 0.6) is 5.75 Å². The van der Waals surface area contributed by atoms with Gasteiger partial charge in [0, 0.05) is 6.04 Å². The van der Waals surface area contributed by atoms with Gasteiger partial charge in [0.15, 0.2) is 0 Å². The highest BCUT2D eigenvalue weighted by Gasteiger charge is 2.44. The lowest BCUT2D eigenvalue weighted by Gasteiger charge is -2.38. The first-order chi connectivity index (χ1) is 14.3. The SMILES string of the molecule is COC1=CC(C)(N)C=CC1(CCCOc1ccc(F)cc1)C(=O)NC1CCNCC1. The summed E-state index contributed by atoms with van der Waals surface area (Å²) in [6.45, 7) is 4.06. The summed E-state index contributed by atoms with van der Waals surface area (Å²) in [6, 6.07) is 6.05. The molecule has 6 nitrogen and oxygen atoms in total. The largest absolute Gasteiger partial charge is 0.500 e. The molecule has 30 heavy (non-hydrogen) atoms. The highest BCUT2D eigenvalue weighted by Crippen LogP contribution is 2.40. The third-order valence-electron chi connectivity index (χ3n) is 5.71. The Bertz CT molecular complexity index is 785. The summed E-state index contributed by atoms with van der Waals surface area (Å²) >= 11 is 0. The fraction of sp³-hybridized carbons (Fsp3) is 0.522. The smallest absolute Gasteiger partial charge is 0.237 e. The van der Waals surface area contributed by atoms with E-state index in [1.807, 2.05) is 25.2 Å².